The number of nitro benzene ring substituents is 1. The molecule has 0 aliphatic carbocycles. The van der Waals surface area contributed by atoms with Crippen LogP contribution < -0.4 is 11.1 Å². The maximum absolute atomic E-state index is 12.2. The molecule has 0 atom stereocenters. The Balaban J connectivity index is 1.89. The van der Waals surface area contributed by atoms with Crippen LogP contribution in [0.5, 0.6) is 0 Å². The summed E-state index contributed by atoms with van der Waals surface area (Å²) in [6.45, 7) is 1.84. The van der Waals surface area contributed by atoms with Gasteiger partial charge >= 0.3 is 0 Å². The molecule has 0 saturated carbocycles. The summed E-state index contributed by atoms with van der Waals surface area (Å²) < 4.78 is 0. The van der Waals surface area contributed by atoms with Crippen molar-refractivity contribution in [2.75, 3.05) is 11.1 Å². The molecule has 9 heteroatoms. The second-order valence-electron chi connectivity index (χ2n) is 4.93. The number of pyridine rings is 1. The number of nitrogens with zero attached hydrogens (tertiary/aromatic N) is 3. The topological polar surface area (TPSA) is 140 Å². The van der Waals surface area contributed by atoms with E-state index in [2.05, 4.69) is 20.5 Å². The zero-order valence-corrected chi connectivity index (χ0v) is 12.0. The smallest absolute Gasteiger partial charge is 0.292 e. The van der Waals surface area contributed by atoms with Crippen molar-refractivity contribution in [3.8, 4) is 0 Å². The highest BCUT2D eigenvalue weighted by Gasteiger charge is 2.16. The van der Waals surface area contributed by atoms with E-state index in [0.29, 0.717) is 11.3 Å². The number of carbonyl (C=O) groups is 1. The van der Waals surface area contributed by atoms with Gasteiger partial charge in [-0.2, -0.15) is 5.10 Å². The van der Waals surface area contributed by atoms with E-state index in [-0.39, 0.29) is 16.9 Å². The number of carbonyl (C=O) groups excluding carboxylic acids is 1. The molecule has 0 fully saturated rings. The fourth-order valence-electron chi connectivity index (χ4n) is 2.13. The Bertz CT molecular complexity index is 933. The van der Waals surface area contributed by atoms with Gasteiger partial charge in [0.1, 0.15) is 5.69 Å². The first-order chi connectivity index (χ1) is 11.0. The van der Waals surface area contributed by atoms with Gasteiger partial charge in [0, 0.05) is 22.7 Å². The first-order valence-corrected chi connectivity index (χ1v) is 6.61. The SMILES string of the molecule is Cc1[nH]nc2ncc(NC(=O)c3ccc(N)c([N+](=O)[O-])c3)cc12. The van der Waals surface area contributed by atoms with Crippen LogP contribution in [0, 0.1) is 17.0 Å². The van der Waals surface area contributed by atoms with Gasteiger partial charge in [-0.25, -0.2) is 4.98 Å². The summed E-state index contributed by atoms with van der Waals surface area (Å²) in [6.07, 6.45) is 1.46. The van der Waals surface area contributed by atoms with E-state index < -0.39 is 10.8 Å². The fourth-order valence-corrected chi connectivity index (χ4v) is 2.13. The number of nitrogens with one attached hydrogen (secondary N) is 2. The molecular formula is C14H12N6O3. The normalized spacial score (nSPS) is 10.7. The first kappa shape index (κ1) is 14.4. The number of H-pyrrole nitrogens is 1. The van der Waals surface area contributed by atoms with Gasteiger partial charge in [0.05, 0.1) is 16.8 Å². The summed E-state index contributed by atoms with van der Waals surface area (Å²) in [5.74, 6) is -0.490. The summed E-state index contributed by atoms with van der Waals surface area (Å²) in [5, 5.41) is 21.1. The quantitative estimate of drug-likeness (QED) is 0.384. The van der Waals surface area contributed by atoms with Crippen molar-refractivity contribution in [1.29, 1.82) is 0 Å². The highest BCUT2D eigenvalue weighted by atomic mass is 16.6. The Morgan fingerprint density at radius 1 is 1.39 bits per heavy atom. The molecule has 0 aliphatic rings. The van der Waals surface area contributed by atoms with E-state index in [0.717, 1.165) is 17.1 Å². The Labute approximate surface area is 129 Å². The van der Waals surface area contributed by atoms with Gasteiger partial charge in [0.15, 0.2) is 5.65 Å². The van der Waals surface area contributed by atoms with Gasteiger partial charge in [0.25, 0.3) is 11.6 Å². The highest BCUT2D eigenvalue weighted by molar-refractivity contribution is 6.05. The lowest BCUT2D eigenvalue weighted by molar-refractivity contribution is -0.383. The molecule has 116 valence electrons. The van der Waals surface area contributed by atoms with Gasteiger partial charge in [0.2, 0.25) is 0 Å². The van der Waals surface area contributed by atoms with Crippen LogP contribution in [-0.2, 0) is 0 Å². The fraction of sp³-hybridized carbons (Fsp3) is 0.0714. The molecule has 23 heavy (non-hydrogen) atoms. The summed E-state index contributed by atoms with van der Waals surface area (Å²) in [6, 6.07) is 5.62. The number of benzene rings is 1. The number of nitrogen functional groups attached to an aromatic ring is 1. The molecule has 0 radical (unpaired) electrons. The number of nitro groups is 1. The Kier molecular flexibility index (Phi) is 3.37. The number of aromatic nitrogens is 3. The highest BCUT2D eigenvalue weighted by Crippen LogP contribution is 2.23. The van der Waals surface area contributed by atoms with Gasteiger partial charge in [-0.1, -0.05) is 0 Å². The number of hydrogen-bond acceptors (Lipinski definition) is 6. The Hall–Kier alpha value is -3.49. The average Bonchev–Trinajstić information content (AvgIpc) is 2.88. The van der Waals surface area contributed by atoms with E-state index in [1.165, 1.54) is 18.3 Å². The third-order valence-corrected chi connectivity index (χ3v) is 3.35. The first-order valence-electron chi connectivity index (χ1n) is 6.61. The van der Waals surface area contributed by atoms with Crippen LogP contribution in [0.4, 0.5) is 17.1 Å². The van der Waals surface area contributed by atoms with Crippen LogP contribution in [0.2, 0.25) is 0 Å². The third kappa shape index (κ3) is 2.67. The predicted molar refractivity (Wildman–Crippen MR) is 84.1 cm³/mol. The van der Waals surface area contributed by atoms with Gasteiger partial charge in [-0.15, -0.1) is 0 Å². The lowest BCUT2D eigenvalue weighted by Crippen LogP contribution is -2.12. The molecule has 0 bridgehead atoms. The molecule has 2 aromatic heterocycles. The molecule has 0 unspecified atom stereocenters. The third-order valence-electron chi connectivity index (χ3n) is 3.35. The zero-order valence-electron chi connectivity index (χ0n) is 12.0. The van der Waals surface area contributed by atoms with E-state index in [1.54, 1.807) is 6.07 Å². The molecule has 3 rings (SSSR count). The van der Waals surface area contributed by atoms with Gasteiger partial charge in [-0.3, -0.25) is 20.0 Å². The molecular weight excluding hydrogens is 300 g/mol. The van der Waals surface area contributed by atoms with E-state index in [1.807, 2.05) is 6.92 Å². The molecule has 1 aromatic carbocycles. The Morgan fingerprint density at radius 3 is 2.91 bits per heavy atom. The van der Waals surface area contributed by atoms with Crippen LogP contribution in [0.25, 0.3) is 11.0 Å². The number of aromatic amines is 1. The molecule has 2 heterocycles. The molecule has 9 nitrogen and oxygen atoms in total. The summed E-state index contributed by atoms with van der Waals surface area (Å²) >= 11 is 0. The second-order valence-corrected chi connectivity index (χ2v) is 4.93. The average molecular weight is 312 g/mol. The largest absolute Gasteiger partial charge is 0.393 e. The number of hydrogen-bond donors (Lipinski definition) is 3. The molecule has 0 spiro atoms. The van der Waals surface area contributed by atoms with Crippen LogP contribution in [0.15, 0.2) is 30.5 Å². The van der Waals surface area contributed by atoms with Crippen LogP contribution in [0.1, 0.15) is 16.1 Å². The minimum absolute atomic E-state index is 0.00339. The minimum Gasteiger partial charge on any atom is -0.393 e. The summed E-state index contributed by atoms with van der Waals surface area (Å²) in [4.78, 5) is 26.6. The molecule has 4 N–H and O–H groups in total. The van der Waals surface area contributed by atoms with Crippen LogP contribution >= 0.6 is 0 Å². The van der Waals surface area contributed by atoms with Crippen LogP contribution in [-0.4, -0.2) is 26.0 Å². The van der Waals surface area contributed by atoms with E-state index in [4.69, 9.17) is 5.73 Å². The minimum atomic E-state index is -0.630. The van der Waals surface area contributed by atoms with Gasteiger partial charge in [-0.05, 0) is 25.1 Å². The van der Waals surface area contributed by atoms with Crippen molar-refractivity contribution in [3.05, 3.63) is 51.8 Å². The van der Waals surface area contributed by atoms with Crippen molar-refractivity contribution in [2.24, 2.45) is 0 Å². The van der Waals surface area contributed by atoms with E-state index in [9.17, 15) is 14.9 Å². The zero-order chi connectivity index (χ0) is 16.6. The standard InChI is InChI=1S/C14H12N6O3/c1-7-10-5-9(6-16-13(10)19-18-7)17-14(21)8-2-3-11(15)12(4-8)20(22)23/h2-6H,15H2,1H3,(H,17,21)(H,16,18,19). The summed E-state index contributed by atoms with van der Waals surface area (Å²) in [5.41, 5.74) is 7.18. The predicted octanol–water partition coefficient (Wildman–Crippen LogP) is 2.01. The summed E-state index contributed by atoms with van der Waals surface area (Å²) in [7, 11) is 0. The number of rotatable bonds is 3. The molecule has 0 aliphatic heterocycles. The van der Waals surface area contributed by atoms with Crippen molar-refractivity contribution < 1.29 is 9.72 Å². The number of fused-ring (bicyclic) bond motifs is 1. The van der Waals surface area contributed by atoms with Crippen molar-refractivity contribution in [2.45, 2.75) is 6.92 Å². The van der Waals surface area contributed by atoms with Crippen molar-refractivity contribution in [3.63, 3.8) is 0 Å². The number of anilines is 2. The number of amides is 1. The van der Waals surface area contributed by atoms with Crippen LogP contribution in [0.3, 0.4) is 0 Å². The van der Waals surface area contributed by atoms with Crippen molar-refractivity contribution >= 4 is 34.0 Å². The number of aryl methyl sites for hydroxylation is 1. The molecule has 1 amide bonds. The maximum atomic E-state index is 12.2. The van der Waals surface area contributed by atoms with Crippen molar-refractivity contribution in [1.82, 2.24) is 15.2 Å². The molecule has 0 saturated heterocycles. The lowest BCUT2D eigenvalue weighted by atomic mass is 10.1. The van der Waals surface area contributed by atoms with Gasteiger partial charge < -0.3 is 11.1 Å². The maximum Gasteiger partial charge on any atom is 0.292 e. The molecule has 3 aromatic rings. The van der Waals surface area contributed by atoms with E-state index >= 15 is 0 Å². The second kappa shape index (κ2) is 5.37. The lowest BCUT2D eigenvalue weighted by Gasteiger charge is -2.06. The Morgan fingerprint density at radius 2 is 2.17 bits per heavy atom. The monoisotopic (exact) mass is 312 g/mol. The number of nitrogens with two attached hydrogens (primary N) is 1.